The summed E-state index contributed by atoms with van der Waals surface area (Å²) in [5.74, 6) is 0.676. The summed E-state index contributed by atoms with van der Waals surface area (Å²) in [6.45, 7) is 8.04. The molecule has 1 amide bonds. The van der Waals surface area contributed by atoms with Gasteiger partial charge in [-0.3, -0.25) is 9.10 Å². The maximum atomic E-state index is 13.8. The van der Waals surface area contributed by atoms with E-state index in [0.717, 1.165) is 38.9 Å². The molecule has 1 aliphatic heterocycles. The van der Waals surface area contributed by atoms with E-state index in [1.165, 1.54) is 30.3 Å². The lowest BCUT2D eigenvalue weighted by molar-refractivity contribution is -0.120. The molecule has 0 fully saturated rings. The second kappa shape index (κ2) is 11.5. The van der Waals surface area contributed by atoms with E-state index in [9.17, 15) is 17.6 Å². The van der Waals surface area contributed by atoms with Crippen LogP contribution in [-0.4, -0.2) is 41.2 Å². The Morgan fingerprint density at radius 1 is 1.00 bits per heavy atom. The number of hydrogen-bond acceptors (Lipinski definition) is 6. The predicted octanol–water partition coefficient (Wildman–Crippen LogP) is 5.11. The minimum absolute atomic E-state index is 0.0792. The third kappa shape index (κ3) is 6.11. The number of ether oxygens (including phenoxy) is 3. The van der Waals surface area contributed by atoms with Crippen molar-refractivity contribution in [3.8, 4) is 17.2 Å². The van der Waals surface area contributed by atoms with Crippen LogP contribution in [0.25, 0.3) is 0 Å². The van der Waals surface area contributed by atoms with Gasteiger partial charge in [0.1, 0.15) is 31.3 Å². The van der Waals surface area contributed by atoms with Gasteiger partial charge in [-0.1, -0.05) is 13.8 Å². The second-order valence-corrected chi connectivity index (χ2v) is 11.6. The topological polar surface area (TPSA) is 94.2 Å². The van der Waals surface area contributed by atoms with E-state index in [-0.39, 0.29) is 16.5 Å². The van der Waals surface area contributed by atoms with Crippen molar-refractivity contribution in [2.24, 2.45) is 0 Å². The highest BCUT2D eigenvalue weighted by atomic mass is 32.2. The third-order valence-corrected chi connectivity index (χ3v) is 8.36. The average molecular weight is 557 g/mol. The Kier molecular flexibility index (Phi) is 8.34. The summed E-state index contributed by atoms with van der Waals surface area (Å²) in [5.41, 5.74) is 2.99. The number of hydrogen-bond donors (Lipinski definition) is 1. The highest BCUT2D eigenvalue weighted by Gasteiger charge is 2.29. The first-order chi connectivity index (χ1) is 18.5. The Balaban J connectivity index is 1.63. The van der Waals surface area contributed by atoms with Gasteiger partial charge in [0.15, 0.2) is 11.5 Å². The zero-order valence-corrected chi connectivity index (χ0v) is 23.5. The van der Waals surface area contributed by atoms with Gasteiger partial charge in [0.2, 0.25) is 5.91 Å². The summed E-state index contributed by atoms with van der Waals surface area (Å²) in [4.78, 5) is 13.2. The van der Waals surface area contributed by atoms with E-state index in [4.69, 9.17) is 14.2 Å². The number of methoxy groups -OCH3 is 1. The maximum absolute atomic E-state index is 13.8. The van der Waals surface area contributed by atoms with Crippen LogP contribution < -0.4 is 23.8 Å². The molecule has 8 nitrogen and oxygen atoms in total. The van der Waals surface area contributed by atoms with Crippen molar-refractivity contribution < 1.29 is 31.8 Å². The fraction of sp³-hybridized carbons (Fsp3) is 0.345. The number of carbonyl (C=O) groups is 1. The number of carbonyl (C=O) groups excluding carboxylic acids is 1. The quantitative estimate of drug-likeness (QED) is 0.394. The Hall–Kier alpha value is -3.79. The monoisotopic (exact) mass is 556 g/mol. The molecule has 0 saturated carbocycles. The van der Waals surface area contributed by atoms with Gasteiger partial charge in [-0.2, -0.15) is 0 Å². The number of sulfonamides is 1. The molecule has 1 atom stereocenters. The van der Waals surface area contributed by atoms with Gasteiger partial charge in [0.05, 0.1) is 23.7 Å². The molecule has 0 unspecified atom stereocenters. The third-order valence-electron chi connectivity index (χ3n) is 6.59. The first-order valence-electron chi connectivity index (χ1n) is 12.7. The molecule has 39 heavy (non-hydrogen) atoms. The smallest absolute Gasteiger partial charge is 0.264 e. The zero-order chi connectivity index (χ0) is 28.3. The maximum Gasteiger partial charge on any atom is 0.264 e. The number of fused-ring (bicyclic) bond motifs is 1. The second-order valence-electron chi connectivity index (χ2n) is 9.69. The Bertz CT molecular complexity index is 1460. The summed E-state index contributed by atoms with van der Waals surface area (Å²) in [5, 5.41) is 2.92. The molecule has 1 N–H and O–H groups in total. The van der Waals surface area contributed by atoms with E-state index in [1.54, 1.807) is 7.11 Å². The van der Waals surface area contributed by atoms with E-state index >= 15 is 0 Å². The van der Waals surface area contributed by atoms with Crippen molar-refractivity contribution in [3.63, 3.8) is 0 Å². The number of halogens is 1. The number of nitrogens with one attached hydrogen (secondary N) is 1. The lowest BCUT2D eigenvalue weighted by Gasteiger charge is -2.26. The Morgan fingerprint density at radius 3 is 2.31 bits per heavy atom. The molecule has 0 bridgehead atoms. The fourth-order valence-electron chi connectivity index (χ4n) is 4.54. The predicted molar refractivity (Wildman–Crippen MR) is 147 cm³/mol. The summed E-state index contributed by atoms with van der Waals surface area (Å²) < 4.78 is 58.8. The van der Waals surface area contributed by atoms with Crippen molar-refractivity contribution in [2.45, 2.75) is 44.6 Å². The van der Waals surface area contributed by atoms with Crippen LogP contribution in [0, 0.1) is 12.7 Å². The molecule has 10 heteroatoms. The standard InChI is InChI=1S/C29H33FN2O6S/c1-18(2)24-16-25(19(3)14-27(24)36-5)20(4)31-29(33)17-32(22-8-6-21(30)7-9-22)39(34,35)23-10-11-26-28(15-23)38-13-12-37-26/h6-11,14-16,18,20H,12-13,17H2,1-5H3,(H,31,33)/t20-/m1/s1. The summed E-state index contributed by atoms with van der Waals surface area (Å²) in [6, 6.07) is 12.8. The highest BCUT2D eigenvalue weighted by molar-refractivity contribution is 7.92. The molecular weight excluding hydrogens is 523 g/mol. The largest absolute Gasteiger partial charge is 0.496 e. The number of aryl methyl sites for hydroxylation is 1. The lowest BCUT2D eigenvalue weighted by atomic mass is 9.93. The fourth-order valence-corrected chi connectivity index (χ4v) is 5.98. The molecule has 208 valence electrons. The van der Waals surface area contributed by atoms with E-state index in [1.807, 2.05) is 26.0 Å². The molecule has 0 spiro atoms. The molecule has 0 aromatic heterocycles. The molecule has 0 saturated heterocycles. The van der Waals surface area contributed by atoms with Crippen molar-refractivity contribution in [2.75, 3.05) is 31.2 Å². The zero-order valence-electron chi connectivity index (χ0n) is 22.7. The molecular formula is C29H33FN2O6S. The highest BCUT2D eigenvalue weighted by Crippen LogP contribution is 2.35. The number of anilines is 1. The van der Waals surface area contributed by atoms with Crippen molar-refractivity contribution in [3.05, 3.63) is 77.1 Å². The van der Waals surface area contributed by atoms with Crippen molar-refractivity contribution in [1.82, 2.24) is 5.32 Å². The summed E-state index contributed by atoms with van der Waals surface area (Å²) in [6.07, 6.45) is 0. The van der Waals surface area contributed by atoms with Gasteiger partial charge in [0, 0.05) is 6.07 Å². The van der Waals surface area contributed by atoms with Crippen LogP contribution in [0.4, 0.5) is 10.1 Å². The van der Waals surface area contributed by atoms with Crippen LogP contribution in [0.3, 0.4) is 0 Å². The van der Waals surface area contributed by atoms with Crippen molar-refractivity contribution >= 4 is 21.6 Å². The molecule has 3 aromatic carbocycles. The van der Waals surface area contributed by atoms with Crippen molar-refractivity contribution in [1.29, 1.82) is 0 Å². The molecule has 0 radical (unpaired) electrons. The SMILES string of the molecule is COc1cc(C)c([C@@H](C)NC(=O)CN(c2ccc(F)cc2)S(=O)(=O)c2ccc3c(c2)OCCO3)cc1C(C)C. The number of rotatable bonds is 9. The van der Waals surface area contributed by atoms with Crippen LogP contribution >= 0.6 is 0 Å². The molecule has 0 aliphatic carbocycles. The van der Waals surface area contributed by atoms with Crippen LogP contribution in [0.1, 0.15) is 49.4 Å². The van der Waals surface area contributed by atoms with Crippen LogP contribution in [0.2, 0.25) is 0 Å². The van der Waals surface area contributed by atoms with Crippen LogP contribution in [-0.2, 0) is 14.8 Å². The van der Waals surface area contributed by atoms with Gasteiger partial charge in [-0.15, -0.1) is 0 Å². The lowest BCUT2D eigenvalue weighted by Crippen LogP contribution is -2.41. The summed E-state index contributed by atoms with van der Waals surface area (Å²) in [7, 11) is -2.61. The first-order valence-corrected chi connectivity index (χ1v) is 14.1. The van der Waals surface area contributed by atoms with Gasteiger partial charge < -0.3 is 19.5 Å². The van der Waals surface area contributed by atoms with Gasteiger partial charge >= 0.3 is 0 Å². The van der Waals surface area contributed by atoms with E-state index in [0.29, 0.717) is 24.7 Å². The Morgan fingerprint density at radius 2 is 1.67 bits per heavy atom. The first kappa shape index (κ1) is 28.2. The molecule has 1 aliphatic rings. The minimum atomic E-state index is -4.23. The number of amides is 1. The van der Waals surface area contributed by atoms with Crippen LogP contribution in [0.15, 0.2) is 59.5 Å². The van der Waals surface area contributed by atoms with Crippen LogP contribution in [0.5, 0.6) is 17.2 Å². The molecule has 3 aromatic rings. The average Bonchev–Trinajstić information content (AvgIpc) is 2.91. The van der Waals surface area contributed by atoms with E-state index in [2.05, 4.69) is 19.2 Å². The molecule has 4 rings (SSSR count). The summed E-state index contributed by atoms with van der Waals surface area (Å²) >= 11 is 0. The minimum Gasteiger partial charge on any atom is -0.496 e. The number of nitrogens with zero attached hydrogens (tertiary/aromatic N) is 1. The number of benzene rings is 3. The van der Waals surface area contributed by atoms with Gasteiger partial charge in [-0.05, 0) is 85.0 Å². The van der Waals surface area contributed by atoms with Gasteiger partial charge in [0.25, 0.3) is 10.0 Å². The Labute approximate surface area is 228 Å². The van der Waals surface area contributed by atoms with Gasteiger partial charge in [-0.25, -0.2) is 12.8 Å². The molecule has 1 heterocycles. The van der Waals surface area contributed by atoms with E-state index < -0.39 is 34.3 Å². The normalized spacial score (nSPS) is 13.6.